The van der Waals surface area contributed by atoms with Crippen LogP contribution in [0.15, 0.2) is 48.5 Å². The summed E-state index contributed by atoms with van der Waals surface area (Å²) in [7, 11) is -3.72. The SMILES string of the molecule is CCNC(=O)C(C)N(Cc1ccccc1)C(=O)CN(c1cc(C)cc(C)c1)S(C)(=O)=O. The van der Waals surface area contributed by atoms with Gasteiger partial charge in [-0.1, -0.05) is 36.4 Å². The highest BCUT2D eigenvalue weighted by atomic mass is 32.2. The van der Waals surface area contributed by atoms with Gasteiger partial charge in [-0.25, -0.2) is 8.42 Å². The number of hydrogen-bond acceptors (Lipinski definition) is 4. The first-order chi connectivity index (χ1) is 14.5. The molecule has 0 radical (unpaired) electrons. The van der Waals surface area contributed by atoms with Gasteiger partial charge >= 0.3 is 0 Å². The second-order valence-electron chi connectivity index (χ2n) is 7.69. The summed E-state index contributed by atoms with van der Waals surface area (Å²) in [6, 6.07) is 13.9. The molecule has 0 fully saturated rings. The summed E-state index contributed by atoms with van der Waals surface area (Å²) in [4.78, 5) is 27.2. The van der Waals surface area contributed by atoms with Gasteiger partial charge in [0.1, 0.15) is 12.6 Å². The van der Waals surface area contributed by atoms with Crippen molar-refractivity contribution in [2.24, 2.45) is 0 Å². The normalized spacial score (nSPS) is 12.2. The van der Waals surface area contributed by atoms with Gasteiger partial charge in [-0.3, -0.25) is 13.9 Å². The maximum atomic E-state index is 13.3. The molecule has 0 aliphatic carbocycles. The van der Waals surface area contributed by atoms with Gasteiger partial charge < -0.3 is 10.2 Å². The Labute approximate surface area is 185 Å². The zero-order chi connectivity index (χ0) is 23.2. The van der Waals surface area contributed by atoms with Crippen molar-refractivity contribution in [2.45, 2.75) is 40.3 Å². The fourth-order valence-corrected chi connectivity index (χ4v) is 4.23. The zero-order valence-electron chi connectivity index (χ0n) is 18.8. The van der Waals surface area contributed by atoms with E-state index in [9.17, 15) is 18.0 Å². The van der Waals surface area contributed by atoms with Crippen LogP contribution in [0.4, 0.5) is 5.69 Å². The predicted octanol–water partition coefficient (Wildman–Crippen LogP) is 2.62. The van der Waals surface area contributed by atoms with Crippen molar-refractivity contribution in [1.29, 1.82) is 0 Å². The lowest BCUT2D eigenvalue weighted by Gasteiger charge is -2.31. The highest BCUT2D eigenvalue weighted by Crippen LogP contribution is 2.22. The van der Waals surface area contributed by atoms with Crippen LogP contribution in [0.5, 0.6) is 0 Å². The molecule has 1 atom stereocenters. The van der Waals surface area contributed by atoms with E-state index in [1.165, 1.54) is 4.90 Å². The summed E-state index contributed by atoms with van der Waals surface area (Å²) in [5.41, 5.74) is 3.07. The van der Waals surface area contributed by atoms with E-state index in [1.54, 1.807) is 26.0 Å². The van der Waals surface area contributed by atoms with E-state index in [0.717, 1.165) is 27.3 Å². The van der Waals surface area contributed by atoms with Crippen molar-refractivity contribution >= 4 is 27.5 Å². The number of carbonyl (C=O) groups is 2. The first-order valence-corrected chi connectivity index (χ1v) is 12.0. The fraction of sp³-hybridized carbons (Fsp3) is 0.391. The van der Waals surface area contributed by atoms with E-state index in [4.69, 9.17) is 0 Å². The maximum absolute atomic E-state index is 13.3. The van der Waals surface area contributed by atoms with Crippen molar-refractivity contribution in [3.8, 4) is 0 Å². The molecule has 1 unspecified atom stereocenters. The molecule has 2 rings (SSSR count). The van der Waals surface area contributed by atoms with Crippen LogP contribution in [0.3, 0.4) is 0 Å². The van der Waals surface area contributed by atoms with Crippen LogP contribution in [0.1, 0.15) is 30.5 Å². The average molecular weight is 446 g/mol. The minimum atomic E-state index is -3.72. The lowest BCUT2D eigenvalue weighted by atomic mass is 10.1. The summed E-state index contributed by atoms with van der Waals surface area (Å²) in [6.45, 7) is 7.44. The maximum Gasteiger partial charge on any atom is 0.244 e. The van der Waals surface area contributed by atoms with Gasteiger partial charge in [-0.05, 0) is 56.5 Å². The molecule has 1 N–H and O–H groups in total. The largest absolute Gasteiger partial charge is 0.355 e. The monoisotopic (exact) mass is 445 g/mol. The summed E-state index contributed by atoms with van der Waals surface area (Å²) in [5, 5.41) is 2.73. The predicted molar refractivity (Wildman–Crippen MR) is 123 cm³/mol. The van der Waals surface area contributed by atoms with Crippen LogP contribution in [-0.4, -0.2) is 50.5 Å². The van der Waals surface area contributed by atoms with Crippen molar-refractivity contribution in [2.75, 3.05) is 23.7 Å². The molecule has 31 heavy (non-hydrogen) atoms. The number of benzene rings is 2. The molecule has 2 aromatic carbocycles. The number of anilines is 1. The highest BCUT2D eigenvalue weighted by Gasteiger charge is 2.30. The number of amides is 2. The van der Waals surface area contributed by atoms with Gasteiger partial charge in [0, 0.05) is 13.1 Å². The van der Waals surface area contributed by atoms with Crippen molar-refractivity contribution in [1.82, 2.24) is 10.2 Å². The molecule has 0 saturated heterocycles. The third kappa shape index (κ3) is 6.82. The van der Waals surface area contributed by atoms with Crippen molar-refractivity contribution in [3.05, 3.63) is 65.2 Å². The molecule has 0 bridgehead atoms. The first kappa shape index (κ1) is 24.4. The number of rotatable bonds is 9. The average Bonchev–Trinajstić information content (AvgIpc) is 2.68. The lowest BCUT2D eigenvalue weighted by Crippen LogP contribution is -2.51. The third-order valence-corrected chi connectivity index (χ3v) is 6.03. The Morgan fingerprint density at radius 3 is 2.13 bits per heavy atom. The van der Waals surface area contributed by atoms with E-state index in [2.05, 4.69) is 5.32 Å². The van der Waals surface area contributed by atoms with Crippen LogP contribution in [-0.2, 0) is 26.2 Å². The number of hydrogen-bond donors (Lipinski definition) is 1. The Hall–Kier alpha value is -2.87. The number of sulfonamides is 1. The standard InChI is InChI=1S/C23H31N3O4S/c1-6-24-23(28)19(4)25(15-20-10-8-7-9-11-20)22(27)16-26(31(5,29)30)21-13-17(2)12-18(3)14-21/h7-14,19H,6,15-16H2,1-5H3,(H,24,28). The minimum Gasteiger partial charge on any atom is -0.355 e. The molecule has 0 heterocycles. The van der Waals surface area contributed by atoms with Crippen LogP contribution in [0.25, 0.3) is 0 Å². The summed E-state index contributed by atoms with van der Waals surface area (Å²) in [5.74, 6) is -0.740. The van der Waals surface area contributed by atoms with Gasteiger partial charge in [0.15, 0.2) is 0 Å². The molecular formula is C23H31N3O4S. The van der Waals surface area contributed by atoms with Gasteiger partial charge in [0.25, 0.3) is 0 Å². The van der Waals surface area contributed by atoms with Gasteiger partial charge in [0.2, 0.25) is 21.8 Å². The minimum absolute atomic E-state index is 0.197. The zero-order valence-corrected chi connectivity index (χ0v) is 19.6. The third-order valence-electron chi connectivity index (χ3n) is 4.89. The van der Waals surface area contributed by atoms with E-state index >= 15 is 0 Å². The van der Waals surface area contributed by atoms with Crippen LogP contribution in [0.2, 0.25) is 0 Å². The molecule has 2 amide bonds. The van der Waals surface area contributed by atoms with Crippen molar-refractivity contribution in [3.63, 3.8) is 0 Å². The second kappa shape index (κ2) is 10.4. The Kier molecular flexibility index (Phi) is 8.21. The summed E-state index contributed by atoms with van der Waals surface area (Å²) in [6.07, 6.45) is 1.08. The Bertz CT molecular complexity index is 1000. The van der Waals surface area contributed by atoms with Gasteiger partial charge in [-0.2, -0.15) is 0 Å². The van der Waals surface area contributed by atoms with Crippen LogP contribution in [0, 0.1) is 13.8 Å². The lowest BCUT2D eigenvalue weighted by molar-refractivity contribution is -0.139. The molecule has 7 nitrogen and oxygen atoms in total. The fourth-order valence-electron chi connectivity index (χ4n) is 3.39. The number of carbonyl (C=O) groups excluding carboxylic acids is 2. The van der Waals surface area contributed by atoms with Crippen LogP contribution < -0.4 is 9.62 Å². The highest BCUT2D eigenvalue weighted by molar-refractivity contribution is 7.92. The number of likely N-dealkylation sites (N-methyl/N-ethyl adjacent to an activating group) is 1. The van der Waals surface area contributed by atoms with E-state index < -0.39 is 28.5 Å². The van der Waals surface area contributed by atoms with Gasteiger partial charge in [0.05, 0.1) is 11.9 Å². The quantitative estimate of drug-likeness (QED) is 0.643. The molecule has 0 spiro atoms. The topological polar surface area (TPSA) is 86.8 Å². The molecule has 0 aliphatic rings. The number of aryl methyl sites for hydroxylation is 2. The second-order valence-corrected chi connectivity index (χ2v) is 9.60. The van der Waals surface area contributed by atoms with E-state index in [-0.39, 0.29) is 12.5 Å². The number of nitrogens with one attached hydrogen (secondary N) is 1. The summed E-state index contributed by atoms with van der Waals surface area (Å²) >= 11 is 0. The molecule has 0 aromatic heterocycles. The Morgan fingerprint density at radius 2 is 1.61 bits per heavy atom. The van der Waals surface area contributed by atoms with Gasteiger partial charge in [-0.15, -0.1) is 0 Å². The molecular weight excluding hydrogens is 414 g/mol. The van der Waals surface area contributed by atoms with E-state index in [0.29, 0.717) is 12.2 Å². The molecule has 8 heteroatoms. The molecule has 168 valence electrons. The van der Waals surface area contributed by atoms with Crippen molar-refractivity contribution < 1.29 is 18.0 Å². The van der Waals surface area contributed by atoms with Crippen LogP contribution >= 0.6 is 0 Å². The Balaban J connectivity index is 2.39. The Morgan fingerprint density at radius 1 is 1.03 bits per heavy atom. The smallest absolute Gasteiger partial charge is 0.244 e. The van der Waals surface area contributed by atoms with E-state index in [1.807, 2.05) is 50.2 Å². The molecule has 0 aliphatic heterocycles. The number of nitrogens with zero attached hydrogens (tertiary/aromatic N) is 2. The first-order valence-electron chi connectivity index (χ1n) is 10.2. The summed E-state index contributed by atoms with van der Waals surface area (Å²) < 4.78 is 26.2. The molecule has 0 saturated carbocycles. The molecule has 2 aromatic rings.